The Morgan fingerprint density at radius 1 is 1.21 bits per heavy atom. The van der Waals surface area contributed by atoms with Crippen LogP contribution in [0.1, 0.15) is 44.2 Å². The first-order chi connectivity index (χ1) is 9.30. The lowest BCUT2D eigenvalue weighted by atomic mass is 9.98. The lowest BCUT2D eigenvalue weighted by molar-refractivity contribution is 0.364. The minimum atomic E-state index is 0.316. The second-order valence-electron chi connectivity index (χ2n) is 5.21. The largest absolute Gasteiger partial charge is 0.496 e. The molecule has 1 N–H and O–H groups in total. The average molecular weight is 263 g/mol. The van der Waals surface area contributed by atoms with Gasteiger partial charge in [-0.05, 0) is 37.4 Å². The van der Waals surface area contributed by atoms with E-state index in [2.05, 4.69) is 12.2 Å². The number of ether oxygens (including phenoxy) is 2. The van der Waals surface area contributed by atoms with Crippen LogP contribution in [-0.2, 0) is 0 Å². The molecule has 0 amide bonds. The van der Waals surface area contributed by atoms with Gasteiger partial charge in [0.25, 0.3) is 0 Å². The van der Waals surface area contributed by atoms with E-state index in [-0.39, 0.29) is 0 Å². The van der Waals surface area contributed by atoms with Crippen molar-refractivity contribution in [2.24, 2.45) is 5.92 Å². The minimum absolute atomic E-state index is 0.316. The minimum Gasteiger partial charge on any atom is -0.496 e. The molecular formula is C16H25NO2. The molecule has 1 atom stereocenters. The molecule has 1 aliphatic rings. The van der Waals surface area contributed by atoms with Crippen LogP contribution in [0, 0.1) is 5.92 Å². The van der Waals surface area contributed by atoms with Crippen molar-refractivity contribution in [3.8, 4) is 11.5 Å². The maximum absolute atomic E-state index is 5.52. The lowest BCUT2D eigenvalue weighted by Gasteiger charge is -2.23. The quantitative estimate of drug-likeness (QED) is 0.778. The molecule has 0 spiro atoms. The van der Waals surface area contributed by atoms with Gasteiger partial charge in [0.1, 0.15) is 11.5 Å². The zero-order chi connectivity index (χ0) is 13.7. The zero-order valence-corrected chi connectivity index (χ0v) is 12.2. The van der Waals surface area contributed by atoms with E-state index in [1.807, 2.05) is 18.2 Å². The lowest BCUT2D eigenvalue weighted by Crippen LogP contribution is -2.22. The normalized spacial score (nSPS) is 16.2. The van der Waals surface area contributed by atoms with Gasteiger partial charge in [0.15, 0.2) is 0 Å². The van der Waals surface area contributed by atoms with Gasteiger partial charge in [-0.15, -0.1) is 0 Å². The first kappa shape index (κ1) is 14.2. The molecule has 0 aliphatic heterocycles. The fourth-order valence-electron chi connectivity index (χ4n) is 2.63. The molecule has 0 aromatic heterocycles. The highest BCUT2D eigenvalue weighted by Gasteiger charge is 2.25. The van der Waals surface area contributed by atoms with Gasteiger partial charge in [0.2, 0.25) is 0 Å². The Hall–Kier alpha value is -1.22. The van der Waals surface area contributed by atoms with Gasteiger partial charge in [-0.1, -0.05) is 25.8 Å². The van der Waals surface area contributed by atoms with Crippen molar-refractivity contribution in [1.29, 1.82) is 0 Å². The number of methoxy groups -OCH3 is 2. The van der Waals surface area contributed by atoms with E-state index in [1.54, 1.807) is 14.2 Å². The Balaban J connectivity index is 2.21. The summed E-state index contributed by atoms with van der Waals surface area (Å²) in [6.07, 6.45) is 5.25. The summed E-state index contributed by atoms with van der Waals surface area (Å²) in [5.74, 6) is 2.78. The van der Waals surface area contributed by atoms with Crippen LogP contribution >= 0.6 is 0 Å². The highest BCUT2D eigenvalue weighted by atomic mass is 16.5. The smallest absolute Gasteiger partial charge is 0.127 e. The summed E-state index contributed by atoms with van der Waals surface area (Å²) in [7, 11) is 3.45. The van der Waals surface area contributed by atoms with E-state index in [9.17, 15) is 0 Å². The predicted octanol–water partition coefficient (Wildman–Crippen LogP) is 3.54. The maximum atomic E-state index is 5.52. The highest BCUT2D eigenvalue weighted by molar-refractivity contribution is 5.47. The third-order valence-electron chi connectivity index (χ3n) is 3.83. The molecule has 2 rings (SSSR count). The van der Waals surface area contributed by atoms with Crippen molar-refractivity contribution < 1.29 is 9.47 Å². The average Bonchev–Trinajstić information content (AvgIpc) is 3.26. The standard InChI is InChI=1S/C16H25NO2/c1-4-17-13(11-10-12-8-9-12)16-14(18-2)6-5-7-15(16)19-3/h5-7,12-13,17H,4,8-11H2,1-3H3. The molecule has 1 fully saturated rings. The summed E-state index contributed by atoms with van der Waals surface area (Å²) >= 11 is 0. The molecule has 0 bridgehead atoms. The second kappa shape index (κ2) is 6.80. The monoisotopic (exact) mass is 263 g/mol. The van der Waals surface area contributed by atoms with Crippen molar-refractivity contribution in [3.63, 3.8) is 0 Å². The summed E-state index contributed by atoms with van der Waals surface area (Å²) in [5, 5.41) is 3.57. The molecule has 19 heavy (non-hydrogen) atoms. The van der Waals surface area contributed by atoms with Gasteiger partial charge in [0.05, 0.1) is 19.8 Å². The van der Waals surface area contributed by atoms with Crippen molar-refractivity contribution in [3.05, 3.63) is 23.8 Å². The van der Waals surface area contributed by atoms with Crippen LogP contribution in [0.2, 0.25) is 0 Å². The van der Waals surface area contributed by atoms with Crippen molar-refractivity contribution >= 4 is 0 Å². The van der Waals surface area contributed by atoms with Gasteiger partial charge in [0, 0.05) is 6.04 Å². The van der Waals surface area contributed by atoms with Gasteiger partial charge in [-0.25, -0.2) is 0 Å². The van der Waals surface area contributed by atoms with E-state index in [0.717, 1.165) is 35.9 Å². The summed E-state index contributed by atoms with van der Waals surface area (Å²) in [6, 6.07) is 6.32. The Labute approximate surface area is 116 Å². The number of hydrogen-bond donors (Lipinski definition) is 1. The first-order valence-corrected chi connectivity index (χ1v) is 7.24. The molecule has 1 aromatic rings. The van der Waals surface area contributed by atoms with Gasteiger partial charge >= 0.3 is 0 Å². The van der Waals surface area contributed by atoms with E-state index >= 15 is 0 Å². The van der Waals surface area contributed by atoms with Crippen molar-refractivity contribution in [2.45, 2.75) is 38.6 Å². The fraction of sp³-hybridized carbons (Fsp3) is 0.625. The van der Waals surface area contributed by atoms with E-state index in [4.69, 9.17) is 9.47 Å². The second-order valence-corrected chi connectivity index (χ2v) is 5.21. The Bertz CT molecular complexity index is 379. The summed E-state index contributed by atoms with van der Waals surface area (Å²) < 4.78 is 11.0. The summed E-state index contributed by atoms with van der Waals surface area (Å²) in [6.45, 7) is 3.10. The van der Waals surface area contributed by atoms with E-state index in [0.29, 0.717) is 6.04 Å². The topological polar surface area (TPSA) is 30.5 Å². The van der Waals surface area contributed by atoms with Crippen LogP contribution in [0.5, 0.6) is 11.5 Å². The zero-order valence-electron chi connectivity index (χ0n) is 12.2. The summed E-state index contributed by atoms with van der Waals surface area (Å²) in [4.78, 5) is 0. The third-order valence-corrected chi connectivity index (χ3v) is 3.83. The van der Waals surface area contributed by atoms with E-state index < -0.39 is 0 Å². The predicted molar refractivity (Wildman–Crippen MR) is 77.9 cm³/mol. The molecule has 0 radical (unpaired) electrons. The molecule has 1 aromatic carbocycles. The molecule has 1 aliphatic carbocycles. The van der Waals surface area contributed by atoms with E-state index in [1.165, 1.54) is 19.3 Å². The first-order valence-electron chi connectivity index (χ1n) is 7.24. The Kier molecular flexibility index (Phi) is 5.08. The van der Waals surface area contributed by atoms with Crippen molar-refractivity contribution in [2.75, 3.05) is 20.8 Å². The van der Waals surface area contributed by atoms with Crippen LogP contribution in [0.4, 0.5) is 0 Å². The number of nitrogens with one attached hydrogen (secondary N) is 1. The number of benzene rings is 1. The summed E-state index contributed by atoms with van der Waals surface area (Å²) in [5.41, 5.74) is 1.16. The molecule has 106 valence electrons. The highest BCUT2D eigenvalue weighted by Crippen LogP contribution is 2.40. The molecule has 1 unspecified atom stereocenters. The molecule has 1 saturated carbocycles. The van der Waals surface area contributed by atoms with Crippen LogP contribution in [0.25, 0.3) is 0 Å². The molecular weight excluding hydrogens is 238 g/mol. The number of rotatable bonds is 8. The van der Waals surface area contributed by atoms with Crippen LogP contribution in [0.15, 0.2) is 18.2 Å². The van der Waals surface area contributed by atoms with Crippen LogP contribution in [-0.4, -0.2) is 20.8 Å². The fourth-order valence-corrected chi connectivity index (χ4v) is 2.63. The SMILES string of the molecule is CCNC(CCC1CC1)c1c(OC)cccc1OC. The van der Waals surface area contributed by atoms with Gasteiger partial charge < -0.3 is 14.8 Å². The molecule has 3 heteroatoms. The Morgan fingerprint density at radius 2 is 1.84 bits per heavy atom. The number of hydrogen-bond acceptors (Lipinski definition) is 3. The van der Waals surface area contributed by atoms with Crippen LogP contribution < -0.4 is 14.8 Å². The molecule has 0 heterocycles. The van der Waals surface area contributed by atoms with Gasteiger partial charge in [-0.2, -0.15) is 0 Å². The van der Waals surface area contributed by atoms with Crippen LogP contribution in [0.3, 0.4) is 0 Å². The third kappa shape index (κ3) is 3.63. The maximum Gasteiger partial charge on any atom is 0.127 e. The van der Waals surface area contributed by atoms with Crippen molar-refractivity contribution in [1.82, 2.24) is 5.32 Å². The van der Waals surface area contributed by atoms with Gasteiger partial charge in [-0.3, -0.25) is 0 Å². The molecule has 0 saturated heterocycles. The Morgan fingerprint density at radius 3 is 2.32 bits per heavy atom. The molecule has 3 nitrogen and oxygen atoms in total.